The lowest BCUT2D eigenvalue weighted by atomic mass is 9.80. The van der Waals surface area contributed by atoms with E-state index in [0.29, 0.717) is 29.9 Å². The van der Waals surface area contributed by atoms with Crippen molar-refractivity contribution in [3.8, 4) is 22.4 Å². The molecule has 0 amide bonds. The summed E-state index contributed by atoms with van der Waals surface area (Å²) in [5, 5.41) is 7.36. The highest BCUT2D eigenvalue weighted by Gasteiger charge is 2.40. The number of aromatic amines is 1. The topological polar surface area (TPSA) is 54.0 Å². The van der Waals surface area contributed by atoms with Gasteiger partial charge < -0.3 is 9.64 Å². The molecule has 1 spiro atoms. The number of aryl methyl sites for hydroxylation is 2. The Morgan fingerprint density at radius 2 is 1.77 bits per heavy atom. The van der Waals surface area contributed by atoms with E-state index < -0.39 is 11.6 Å². The van der Waals surface area contributed by atoms with E-state index in [9.17, 15) is 0 Å². The van der Waals surface area contributed by atoms with E-state index >= 15 is 8.78 Å². The Hall–Kier alpha value is -2.80. The largest absolute Gasteiger partial charge is 0.381 e. The van der Waals surface area contributed by atoms with Crippen LogP contribution in [0.15, 0.2) is 30.5 Å². The molecule has 0 aliphatic carbocycles. The van der Waals surface area contributed by atoms with Gasteiger partial charge in [0.25, 0.3) is 0 Å². The van der Waals surface area contributed by atoms with E-state index in [-0.39, 0.29) is 11.1 Å². The molecule has 2 saturated heterocycles. The maximum atomic E-state index is 15.3. The number of anilines is 1. The minimum Gasteiger partial charge on any atom is -0.381 e. The molecular formula is C24H26F2N4O. The number of ether oxygens (including phenoxy) is 1. The zero-order valence-corrected chi connectivity index (χ0v) is 17.8. The van der Waals surface area contributed by atoms with Crippen LogP contribution in [0.2, 0.25) is 0 Å². The Morgan fingerprint density at radius 3 is 2.48 bits per heavy atom. The first-order valence-corrected chi connectivity index (χ1v) is 10.8. The Balaban J connectivity index is 1.51. The molecule has 5 nitrogen and oxygen atoms in total. The van der Waals surface area contributed by atoms with Gasteiger partial charge in [-0.15, -0.1) is 0 Å². The molecule has 2 aliphatic heterocycles. The number of pyridine rings is 1. The summed E-state index contributed by atoms with van der Waals surface area (Å²) >= 11 is 0. The van der Waals surface area contributed by atoms with Crippen LogP contribution in [-0.4, -0.2) is 41.5 Å². The van der Waals surface area contributed by atoms with Crippen LogP contribution in [0.5, 0.6) is 0 Å². The number of benzene rings is 1. The molecular weight excluding hydrogens is 398 g/mol. The fraction of sp³-hybridized carbons (Fsp3) is 0.417. The summed E-state index contributed by atoms with van der Waals surface area (Å²) in [5.41, 5.74) is 4.52. The van der Waals surface area contributed by atoms with E-state index in [0.717, 1.165) is 49.4 Å². The average Bonchev–Trinajstić information content (AvgIpc) is 3.32. The predicted octanol–water partition coefficient (Wildman–Crippen LogP) is 5.04. The summed E-state index contributed by atoms with van der Waals surface area (Å²) in [5.74, 6) is -1.06. The molecule has 5 rings (SSSR count). The molecule has 1 N–H and O–H groups in total. The van der Waals surface area contributed by atoms with Crippen molar-refractivity contribution in [2.75, 3.05) is 31.2 Å². The lowest BCUT2D eigenvalue weighted by molar-refractivity contribution is 0.0254. The second-order valence-electron chi connectivity index (χ2n) is 8.83. The van der Waals surface area contributed by atoms with Crippen molar-refractivity contribution < 1.29 is 13.5 Å². The standard InChI is InChI=1S/C24H26F2N4O/c1-15-11-17(3-7-27-15)22-21(16(2)28-29-22)18-12-19(25)23(20(26)13-18)30-8-4-24(14-30)5-9-31-10-6-24/h3,7,11-13H,4-6,8-10,14H2,1-2H3,(H,28,29). The smallest absolute Gasteiger partial charge is 0.150 e. The predicted molar refractivity (Wildman–Crippen MR) is 116 cm³/mol. The van der Waals surface area contributed by atoms with Gasteiger partial charge >= 0.3 is 0 Å². The summed E-state index contributed by atoms with van der Waals surface area (Å²) in [6, 6.07) is 6.63. The van der Waals surface area contributed by atoms with Gasteiger partial charge in [0.15, 0.2) is 0 Å². The van der Waals surface area contributed by atoms with Gasteiger partial charge in [-0.05, 0) is 68.4 Å². The number of halogens is 2. The monoisotopic (exact) mass is 424 g/mol. The third-order valence-electron chi connectivity index (χ3n) is 6.73. The molecule has 2 aliphatic rings. The minimum atomic E-state index is -0.531. The zero-order chi connectivity index (χ0) is 21.6. The number of H-pyrrole nitrogens is 1. The highest BCUT2D eigenvalue weighted by atomic mass is 19.1. The third-order valence-corrected chi connectivity index (χ3v) is 6.73. The summed E-state index contributed by atoms with van der Waals surface area (Å²) in [6.45, 7) is 6.57. The first kappa shape index (κ1) is 20.1. The second kappa shape index (κ2) is 7.71. The average molecular weight is 424 g/mol. The third kappa shape index (κ3) is 3.61. The van der Waals surface area contributed by atoms with Gasteiger partial charge in [0.2, 0.25) is 0 Å². The molecule has 0 atom stereocenters. The molecule has 0 saturated carbocycles. The van der Waals surface area contributed by atoms with Gasteiger partial charge in [-0.25, -0.2) is 8.78 Å². The van der Waals surface area contributed by atoms with Gasteiger partial charge in [-0.3, -0.25) is 10.1 Å². The molecule has 162 valence electrons. The maximum absolute atomic E-state index is 15.3. The summed E-state index contributed by atoms with van der Waals surface area (Å²) < 4.78 is 36.1. The van der Waals surface area contributed by atoms with Crippen LogP contribution >= 0.6 is 0 Å². The number of rotatable bonds is 3. The van der Waals surface area contributed by atoms with Crippen LogP contribution < -0.4 is 4.90 Å². The lowest BCUT2D eigenvalue weighted by Gasteiger charge is -2.33. The van der Waals surface area contributed by atoms with E-state index in [2.05, 4.69) is 15.2 Å². The van der Waals surface area contributed by atoms with Crippen molar-refractivity contribution in [2.45, 2.75) is 33.1 Å². The van der Waals surface area contributed by atoms with E-state index in [1.807, 2.05) is 30.9 Å². The number of hydrogen-bond donors (Lipinski definition) is 1. The first-order chi connectivity index (χ1) is 15.0. The zero-order valence-electron chi connectivity index (χ0n) is 17.8. The maximum Gasteiger partial charge on any atom is 0.150 e. The van der Waals surface area contributed by atoms with Crippen molar-refractivity contribution in [3.63, 3.8) is 0 Å². The number of hydrogen-bond acceptors (Lipinski definition) is 4. The van der Waals surface area contributed by atoms with Crippen molar-refractivity contribution >= 4 is 5.69 Å². The van der Waals surface area contributed by atoms with Crippen LogP contribution in [0.3, 0.4) is 0 Å². The lowest BCUT2D eigenvalue weighted by Crippen LogP contribution is -2.33. The number of aromatic nitrogens is 3. The Morgan fingerprint density at radius 1 is 1.03 bits per heavy atom. The van der Waals surface area contributed by atoms with Crippen molar-refractivity contribution in [3.05, 3.63) is 53.5 Å². The van der Waals surface area contributed by atoms with Crippen LogP contribution in [0, 0.1) is 30.9 Å². The highest BCUT2D eigenvalue weighted by Crippen LogP contribution is 2.43. The van der Waals surface area contributed by atoms with Crippen molar-refractivity contribution in [1.82, 2.24) is 15.2 Å². The fourth-order valence-electron chi connectivity index (χ4n) is 5.03. The Bertz CT molecular complexity index is 1100. The normalized spacial score (nSPS) is 18.1. The molecule has 7 heteroatoms. The van der Waals surface area contributed by atoms with Crippen LogP contribution in [-0.2, 0) is 4.74 Å². The van der Waals surface area contributed by atoms with Crippen molar-refractivity contribution in [1.29, 1.82) is 0 Å². The van der Waals surface area contributed by atoms with Gasteiger partial charge in [-0.2, -0.15) is 5.10 Å². The first-order valence-electron chi connectivity index (χ1n) is 10.8. The number of nitrogens with one attached hydrogen (secondary N) is 1. The van der Waals surface area contributed by atoms with E-state index in [4.69, 9.17) is 4.74 Å². The molecule has 2 fully saturated rings. The van der Waals surface area contributed by atoms with Gasteiger partial charge in [-0.1, -0.05) is 0 Å². The van der Waals surface area contributed by atoms with Crippen LogP contribution in [0.1, 0.15) is 30.7 Å². The molecule has 31 heavy (non-hydrogen) atoms. The second-order valence-corrected chi connectivity index (χ2v) is 8.83. The molecule has 2 aromatic heterocycles. The van der Waals surface area contributed by atoms with Gasteiger partial charge in [0, 0.05) is 55.0 Å². The summed E-state index contributed by atoms with van der Waals surface area (Å²) in [6.07, 6.45) is 4.56. The highest BCUT2D eigenvalue weighted by molar-refractivity contribution is 5.83. The summed E-state index contributed by atoms with van der Waals surface area (Å²) in [4.78, 5) is 6.09. The quantitative estimate of drug-likeness (QED) is 0.640. The van der Waals surface area contributed by atoms with Gasteiger partial charge in [0.05, 0.1) is 0 Å². The summed E-state index contributed by atoms with van der Waals surface area (Å²) in [7, 11) is 0. The molecule has 4 heterocycles. The molecule has 0 unspecified atom stereocenters. The van der Waals surface area contributed by atoms with E-state index in [1.54, 1.807) is 6.20 Å². The van der Waals surface area contributed by atoms with Gasteiger partial charge in [0.1, 0.15) is 23.0 Å². The van der Waals surface area contributed by atoms with Crippen LogP contribution in [0.4, 0.5) is 14.5 Å². The molecule has 1 aromatic carbocycles. The molecule has 3 aromatic rings. The SMILES string of the molecule is Cc1cc(-c2n[nH]c(C)c2-c2cc(F)c(N3CCC4(CCOCC4)C3)c(F)c2)ccn1. The Kier molecular flexibility index (Phi) is 5.01. The van der Waals surface area contributed by atoms with Crippen LogP contribution in [0.25, 0.3) is 22.4 Å². The van der Waals surface area contributed by atoms with E-state index in [1.165, 1.54) is 12.1 Å². The molecule has 0 bridgehead atoms. The van der Waals surface area contributed by atoms with Crippen molar-refractivity contribution in [2.24, 2.45) is 5.41 Å². The fourth-order valence-corrected chi connectivity index (χ4v) is 5.03. The molecule has 0 radical (unpaired) electrons. The minimum absolute atomic E-state index is 0.0783. The Labute approximate surface area is 180 Å². The number of nitrogens with zero attached hydrogens (tertiary/aromatic N) is 3.